The first-order chi connectivity index (χ1) is 6.97. The Morgan fingerprint density at radius 3 is 2.47 bits per heavy atom. The van der Waals surface area contributed by atoms with Gasteiger partial charge in [-0.2, -0.15) is 0 Å². The Labute approximate surface area is 95.0 Å². The van der Waals surface area contributed by atoms with Gasteiger partial charge >= 0.3 is 5.97 Å². The summed E-state index contributed by atoms with van der Waals surface area (Å²) in [6.07, 6.45) is 0. The smallest absolute Gasteiger partial charge is 0.377 e. The third-order valence-electron chi connectivity index (χ3n) is 1.92. The van der Waals surface area contributed by atoms with E-state index in [4.69, 9.17) is 9.84 Å². The Balaban J connectivity index is 3.30. The standard InChI is InChI=1S/C10H9BrO4/c1-5-3-7(11)6(4-8(5)15-2)9(12)10(13)14/h3-4H,1-2H3,(H,13,14). The van der Waals surface area contributed by atoms with Crippen LogP contribution in [0.4, 0.5) is 0 Å². The maximum Gasteiger partial charge on any atom is 0.377 e. The zero-order chi connectivity index (χ0) is 11.6. The minimum atomic E-state index is -1.48. The molecule has 1 rings (SSSR count). The molecule has 80 valence electrons. The zero-order valence-corrected chi connectivity index (χ0v) is 9.79. The SMILES string of the molecule is COc1cc(C(=O)C(=O)O)c(Br)cc1C. The highest BCUT2D eigenvalue weighted by molar-refractivity contribution is 9.10. The number of ether oxygens (including phenoxy) is 1. The number of carboxylic acid groups (broad SMARTS) is 1. The molecule has 0 aromatic heterocycles. The quantitative estimate of drug-likeness (QED) is 0.676. The average Bonchev–Trinajstić information content (AvgIpc) is 2.17. The molecule has 0 saturated carbocycles. The summed E-state index contributed by atoms with van der Waals surface area (Å²) in [6, 6.07) is 3.06. The number of rotatable bonds is 3. The first-order valence-corrected chi connectivity index (χ1v) is 4.88. The summed E-state index contributed by atoms with van der Waals surface area (Å²) in [6.45, 7) is 1.80. The number of carbonyl (C=O) groups is 2. The van der Waals surface area contributed by atoms with Crippen molar-refractivity contribution in [3.8, 4) is 5.75 Å². The summed E-state index contributed by atoms with van der Waals surface area (Å²) >= 11 is 3.14. The molecule has 0 aliphatic carbocycles. The highest BCUT2D eigenvalue weighted by Crippen LogP contribution is 2.27. The lowest BCUT2D eigenvalue weighted by Gasteiger charge is -2.07. The van der Waals surface area contributed by atoms with Crippen LogP contribution < -0.4 is 4.74 Å². The zero-order valence-electron chi connectivity index (χ0n) is 8.20. The molecule has 0 amide bonds. The Morgan fingerprint density at radius 1 is 1.40 bits per heavy atom. The molecule has 1 N–H and O–H groups in total. The van der Waals surface area contributed by atoms with Crippen LogP contribution in [0.3, 0.4) is 0 Å². The van der Waals surface area contributed by atoms with Crippen molar-refractivity contribution in [1.82, 2.24) is 0 Å². The normalized spacial score (nSPS) is 9.80. The van der Waals surface area contributed by atoms with E-state index in [0.717, 1.165) is 5.56 Å². The van der Waals surface area contributed by atoms with E-state index in [-0.39, 0.29) is 5.56 Å². The van der Waals surface area contributed by atoms with Crippen molar-refractivity contribution < 1.29 is 19.4 Å². The highest BCUT2D eigenvalue weighted by Gasteiger charge is 2.19. The van der Waals surface area contributed by atoms with Gasteiger partial charge in [-0.25, -0.2) is 4.79 Å². The molecule has 0 unspecified atom stereocenters. The molecular formula is C10H9BrO4. The van der Waals surface area contributed by atoms with E-state index in [1.807, 2.05) is 0 Å². The van der Waals surface area contributed by atoms with Gasteiger partial charge in [-0.05, 0) is 24.6 Å². The lowest BCUT2D eigenvalue weighted by Crippen LogP contribution is -2.13. The maximum atomic E-state index is 11.3. The van der Waals surface area contributed by atoms with E-state index in [1.165, 1.54) is 13.2 Å². The molecule has 0 aliphatic heterocycles. The number of aliphatic carboxylic acids is 1. The Kier molecular flexibility index (Phi) is 3.47. The van der Waals surface area contributed by atoms with E-state index >= 15 is 0 Å². The minimum absolute atomic E-state index is 0.0879. The van der Waals surface area contributed by atoms with Gasteiger partial charge in [0.25, 0.3) is 5.78 Å². The van der Waals surface area contributed by atoms with Gasteiger partial charge in [-0.3, -0.25) is 4.79 Å². The fourth-order valence-electron chi connectivity index (χ4n) is 1.16. The topological polar surface area (TPSA) is 63.6 Å². The van der Waals surface area contributed by atoms with E-state index in [9.17, 15) is 9.59 Å². The number of hydrogen-bond acceptors (Lipinski definition) is 3. The maximum absolute atomic E-state index is 11.3. The molecule has 0 aliphatic rings. The lowest BCUT2D eigenvalue weighted by molar-refractivity contribution is -0.131. The third-order valence-corrected chi connectivity index (χ3v) is 2.58. The van der Waals surface area contributed by atoms with Crippen molar-refractivity contribution in [1.29, 1.82) is 0 Å². The van der Waals surface area contributed by atoms with Crippen molar-refractivity contribution in [2.45, 2.75) is 6.92 Å². The molecule has 1 aromatic rings. The van der Waals surface area contributed by atoms with Gasteiger partial charge in [0.05, 0.1) is 7.11 Å². The first-order valence-electron chi connectivity index (χ1n) is 4.09. The number of aryl methyl sites for hydroxylation is 1. The molecule has 0 atom stereocenters. The molecular weight excluding hydrogens is 264 g/mol. The minimum Gasteiger partial charge on any atom is -0.496 e. The van der Waals surface area contributed by atoms with Crippen LogP contribution in [-0.2, 0) is 4.79 Å². The van der Waals surface area contributed by atoms with Gasteiger partial charge in [0, 0.05) is 10.0 Å². The number of ketones is 1. The lowest BCUT2D eigenvalue weighted by atomic mass is 10.1. The molecule has 0 bridgehead atoms. The number of halogens is 1. The predicted octanol–water partition coefficient (Wildman–Crippen LogP) is 2.03. The number of hydrogen-bond donors (Lipinski definition) is 1. The molecule has 4 nitrogen and oxygen atoms in total. The van der Waals surface area contributed by atoms with Crippen molar-refractivity contribution in [3.63, 3.8) is 0 Å². The van der Waals surface area contributed by atoms with Crippen LogP contribution in [0.1, 0.15) is 15.9 Å². The fourth-order valence-corrected chi connectivity index (χ4v) is 1.80. The van der Waals surface area contributed by atoms with Gasteiger partial charge in [0.1, 0.15) is 5.75 Å². The summed E-state index contributed by atoms with van der Waals surface area (Å²) in [7, 11) is 1.46. The first kappa shape index (κ1) is 11.7. The Hall–Kier alpha value is -1.36. The van der Waals surface area contributed by atoms with Crippen LogP contribution in [0.5, 0.6) is 5.75 Å². The largest absolute Gasteiger partial charge is 0.496 e. The highest BCUT2D eigenvalue weighted by atomic mass is 79.9. The molecule has 0 heterocycles. The predicted molar refractivity (Wildman–Crippen MR) is 57.4 cm³/mol. The molecule has 0 radical (unpaired) electrons. The van der Waals surface area contributed by atoms with Gasteiger partial charge in [-0.15, -0.1) is 0 Å². The van der Waals surface area contributed by atoms with Crippen molar-refractivity contribution in [3.05, 3.63) is 27.7 Å². The Bertz CT molecular complexity index is 426. The van der Waals surface area contributed by atoms with Gasteiger partial charge < -0.3 is 9.84 Å². The van der Waals surface area contributed by atoms with E-state index in [0.29, 0.717) is 10.2 Å². The van der Waals surface area contributed by atoms with Crippen LogP contribution in [0.2, 0.25) is 0 Å². The summed E-state index contributed by atoms with van der Waals surface area (Å²) in [5.74, 6) is -1.95. The molecule has 1 aromatic carbocycles. The summed E-state index contributed by atoms with van der Waals surface area (Å²) in [5, 5.41) is 8.58. The summed E-state index contributed by atoms with van der Waals surface area (Å²) in [4.78, 5) is 21.8. The van der Waals surface area contributed by atoms with Gasteiger partial charge in [0.2, 0.25) is 0 Å². The second kappa shape index (κ2) is 4.44. The van der Waals surface area contributed by atoms with E-state index < -0.39 is 11.8 Å². The second-order valence-electron chi connectivity index (χ2n) is 2.94. The molecule has 5 heteroatoms. The van der Waals surface area contributed by atoms with Crippen LogP contribution in [-0.4, -0.2) is 24.0 Å². The summed E-state index contributed by atoms with van der Waals surface area (Å²) < 4.78 is 5.46. The number of Topliss-reactive ketones (excluding diaryl/α,β-unsaturated/α-hetero) is 1. The number of carbonyl (C=O) groups excluding carboxylic acids is 1. The van der Waals surface area contributed by atoms with Gasteiger partial charge in [-0.1, -0.05) is 15.9 Å². The fraction of sp³-hybridized carbons (Fsp3) is 0.200. The average molecular weight is 273 g/mol. The van der Waals surface area contributed by atoms with E-state index in [2.05, 4.69) is 15.9 Å². The van der Waals surface area contributed by atoms with Crippen LogP contribution in [0.25, 0.3) is 0 Å². The molecule has 15 heavy (non-hydrogen) atoms. The second-order valence-corrected chi connectivity index (χ2v) is 3.79. The number of benzene rings is 1. The van der Waals surface area contributed by atoms with Crippen LogP contribution in [0, 0.1) is 6.92 Å². The third kappa shape index (κ3) is 2.36. The van der Waals surface area contributed by atoms with Crippen LogP contribution in [0.15, 0.2) is 16.6 Å². The molecule has 0 saturated heterocycles. The molecule has 0 fully saturated rings. The van der Waals surface area contributed by atoms with Crippen molar-refractivity contribution >= 4 is 27.7 Å². The van der Waals surface area contributed by atoms with Crippen molar-refractivity contribution in [2.24, 2.45) is 0 Å². The number of carboxylic acids is 1. The monoisotopic (exact) mass is 272 g/mol. The molecule has 0 spiro atoms. The van der Waals surface area contributed by atoms with E-state index in [1.54, 1.807) is 13.0 Å². The Morgan fingerprint density at radius 2 is 2.00 bits per heavy atom. The van der Waals surface area contributed by atoms with Crippen LogP contribution >= 0.6 is 15.9 Å². The van der Waals surface area contributed by atoms with Crippen molar-refractivity contribution in [2.75, 3.05) is 7.11 Å². The number of methoxy groups -OCH3 is 1. The summed E-state index contributed by atoms with van der Waals surface area (Å²) in [5.41, 5.74) is 0.913. The van der Waals surface area contributed by atoms with Gasteiger partial charge in [0.15, 0.2) is 0 Å².